The number of ether oxygens (including phenoxy) is 2. The zero-order chi connectivity index (χ0) is 23.3. The van der Waals surface area contributed by atoms with Gasteiger partial charge in [-0.15, -0.1) is 0 Å². The number of benzene rings is 3. The molecule has 0 amide bonds. The first-order valence-electron chi connectivity index (χ1n) is 9.77. The highest BCUT2D eigenvalue weighted by atomic mass is 35.5. The Balaban J connectivity index is 1.85. The number of aromatic hydroxyl groups is 1. The van der Waals surface area contributed by atoms with Gasteiger partial charge in [0.15, 0.2) is 6.61 Å². The fraction of sp³-hybridized carbons (Fsp3) is 0.208. The number of halogens is 2. The standard InChI is InChI=1S/C24H23Cl2NO4S/c1-24(2,3)31-22(28)14-30-20-10-9-16(15-7-5-4-6-8-15)11-19(20)27-32-21-13-17(25)12-18(26)23(21)29/h4-13,27,29H,14H2,1-3H3. The zero-order valence-electron chi connectivity index (χ0n) is 17.8. The van der Waals surface area contributed by atoms with Gasteiger partial charge in [-0.3, -0.25) is 0 Å². The third kappa shape index (κ3) is 6.73. The molecule has 0 aliphatic rings. The van der Waals surface area contributed by atoms with E-state index in [1.807, 2.05) is 42.5 Å². The van der Waals surface area contributed by atoms with E-state index in [1.54, 1.807) is 32.9 Å². The van der Waals surface area contributed by atoms with Crippen LogP contribution >= 0.6 is 35.1 Å². The Labute approximate surface area is 201 Å². The summed E-state index contributed by atoms with van der Waals surface area (Å²) in [6.07, 6.45) is 0. The molecule has 0 fully saturated rings. The van der Waals surface area contributed by atoms with Crippen LogP contribution in [0.2, 0.25) is 10.0 Å². The molecule has 3 rings (SSSR count). The van der Waals surface area contributed by atoms with Crippen LogP contribution in [0, 0.1) is 0 Å². The fourth-order valence-electron chi connectivity index (χ4n) is 2.78. The largest absolute Gasteiger partial charge is 0.505 e. The van der Waals surface area contributed by atoms with E-state index in [2.05, 4.69) is 4.72 Å². The summed E-state index contributed by atoms with van der Waals surface area (Å²) in [4.78, 5) is 12.5. The molecule has 32 heavy (non-hydrogen) atoms. The van der Waals surface area contributed by atoms with E-state index in [0.717, 1.165) is 23.1 Å². The molecule has 0 bridgehead atoms. The van der Waals surface area contributed by atoms with Crippen molar-refractivity contribution < 1.29 is 19.4 Å². The number of hydrogen-bond acceptors (Lipinski definition) is 6. The van der Waals surface area contributed by atoms with Gasteiger partial charge in [-0.25, -0.2) is 4.79 Å². The second kappa shape index (κ2) is 10.4. The minimum absolute atomic E-state index is 0.0796. The number of esters is 1. The number of phenols is 1. The summed E-state index contributed by atoms with van der Waals surface area (Å²) in [7, 11) is 0. The molecule has 5 nitrogen and oxygen atoms in total. The van der Waals surface area contributed by atoms with Gasteiger partial charge in [-0.1, -0.05) is 59.6 Å². The molecule has 0 saturated carbocycles. The lowest BCUT2D eigenvalue weighted by molar-refractivity contribution is -0.157. The number of hydrogen-bond donors (Lipinski definition) is 2. The number of carbonyl (C=O) groups excluding carboxylic acids is 1. The van der Waals surface area contributed by atoms with Crippen LogP contribution in [-0.2, 0) is 9.53 Å². The minimum atomic E-state index is -0.599. The van der Waals surface area contributed by atoms with Crippen LogP contribution in [0.15, 0.2) is 65.6 Å². The molecule has 0 aliphatic heterocycles. The van der Waals surface area contributed by atoms with Crippen molar-refractivity contribution in [3.63, 3.8) is 0 Å². The van der Waals surface area contributed by atoms with Crippen molar-refractivity contribution in [3.05, 3.63) is 70.7 Å². The summed E-state index contributed by atoms with van der Waals surface area (Å²) in [6, 6.07) is 18.5. The lowest BCUT2D eigenvalue weighted by Crippen LogP contribution is -2.27. The maximum absolute atomic E-state index is 12.1. The molecular weight excluding hydrogens is 469 g/mol. The lowest BCUT2D eigenvalue weighted by atomic mass is 10.1. The smallest absolute Gasteiger partial charge is 0.344 e. The number of rotatable bonds is 7. The topological polar surface area (TPSA) is 67.8 Å². The summed E-state index contributed by atoms with van der Waals surface area (Å²) in [5, 5.41) is 10.8. The molecule has 0 aliphatic carbocycles. The molecular formula is C24H23Cl2NO4S. The van der Waals surface area contributed by atoms with E-state index in [1.165, 1.54) is 6.07 Å². The van der Waals surface area contributed by atoms with E-state index in [4.69, 9.17) is 32.7 Å². The summed E-state index contributed by atoms with van der Waals surface area (Å²) in [5.41, 5.74) is 1.98. The highest BCUT2D eigenvalue weighted by Crippen LogP contribution is 2.40. The Hall–Kier alpha value is -2.54. The van der Waals surface area contributed by atoms with E-state index >= 15 is 0 Å². The van der Waals surface area contributed by atoms with Gasteiger partial charge in [-0.05, 0) is 68.1 Å². The summed E-state index contributed by atoms with van der Waals surface area (Å²) in [6.45, 7) is 5.15. The summed E-state index contributed by atoms with van der Waals surface area (Å²) >= 11 is 13.2. The van der Waals surface area contributed by atoms with E-state index in [0.29, 0.717) is 21.4 Å². The van der Waals surface area contributed by atoms with Crippen LogP contribution in [0.3, 0.4) is 0 Å². The monoisotopic (exact) mass is 491 g/mol. The van der Waals surface area contributed by atoms with Crippen molar-refractivity contribution in [2.45, 2.75) is 31.3 Å². The van der Waals surface area contributed by atoms with Crippen LogP contribution in [0.4, 0.5) is 5.69 Å². The first kappa shape index (κ1) is 24.1. The molecule has 2 N–H and O–H groups in total. The Kier molecular flexibility index (Phi) is 7.82. The fourth-order valence-corrected chi connectivity index (χ4v) is 4.17. The lowest BCUT2D eigenvalue weighted by Gasteiger charge is -2.20. The normalized spacial score (nSPS) is 11.2. The second-order valence-corrected chi connectivity index (χ2v) is 9.58. The van der Waals surface area contributed by atoms with Gasteiger partial charge in [-0.2, -0.15) is 0 Å². The molecule has 0 spiro atoms. The number of phenolic OH excluding ortho intramolecular Hbond substituents is 1. The molecule has 3 aromatic rings. The molecule has 8 heteroatoms. The summed E-state index contributed by atoms with van der Waals surface area (Å²) in [5.74, 6) is -0.0952. The first-order valence-corrected chi connectivity index (χ1v) is 11.3. The highest BCUT2D eigenvalue weighted by molar-refractivity contribution is 8.00. The molecule has 0 aromatic heterocycles. The van der Waals surface area contributed by atoms with Crippen LogP contribution < -0.4 is 9.46 Å². The molecule has 0 heterocycles. The maximum atomic E-state index is 12.1. The summed E-state index contributed by atoms with van der Waals surface area (Å²) < 4.78 is 14.2. The molecule has 0 atom stereocenters. The average molecular weight is 492 g/mol. The first-order chi connectivity index (χ1) is 15.1. The van der Waals surface area contributed by atoms with Crippen molar-refractivity contribution in [3.8, 4) is 22.6 Å². The van der Waals surface area contributed by atoms with Crippen LogP contribution in [-0.4, -0.2) is 23.3 Å². The van der Waals surface area contributed by atoms with Crippen molar-refractivity contribution in [1.29, 1.82) is 0 Å². The van der Waals surface area contributed by atoms with Gasteiger partial charge in [0.1, 0.15) is 17.1 Å². The molecule has 168 valence electrons. The Morgan fingerprint density at radius 1 is 1.03 bits per heavy atom. The third-order valence-corrected chi connectivity index (χ3v) is 5.48. The van der Waals surface area contributed by atoms with Crippen molar-refractivity contribution in [2.24, 2.45) is 0 Å². The maximum Gasteiger partial charge on any atom is 0.344 e. The van der Waals surface area contributed by atoms with E-state index in [9.17, 15) is 9.90 Å². The van der Waals surface area contributed by atoms with Gasteiger partial charge in [0.2, 0.25) is 0 Å². The van der Waals surface area contributed by atoms with Crippen LogP contribution in [0.25, 0.3) is 11.1 Å². The average Bonchev–Trinajstić information content (AvgIpc) is 2.73. The van der Waals surface area contributed by atoms with Crippen LogP contribution in [0.5, 0.6) is 11.5 Å². The molecule has 0 saturated heterocycles. The SMILES string of the molecule is CC(C)(C)OC(=O)COc1ccc(-c2ccccc2)cc1NSc1cc(Cl)cc(Cl)c1O. The van der Waals surface area contributed by atoms with Gasteiger partial charge < -0.3 is 19.3 Å². The highest BCUT2D eigenvalue weighted by Gasteiger charge is 2.18. The van der Waals surface area contributed by atoms with Gasteiger partial charge >= 0.3 is 5.97 Å². The molecule has 3 aromatic carbocycles. The van der Waals surface area contributed by atoms with Crippen molar-refractivity contribution >= 4 is 46.8 Å². The minimum Gasteiger partial charge on any atom is -0.505 e. The Morgan fingerprint density at radius 2 is 1.75 bits per heavy atom. The van der Waals surface area contributed by atoms with Gasteiger partial charge in [0.25, 0.3) is 0 Å². The Morgan fingerprint density at radius 3 is 2.44 bits per heavy atom. The number of anilines is 1. The molecule has 0 radical (unpaired) electrons. The van der Waals surface area contributed by atoms with Gasteiger partial charge in [0.05, 0.1) is 15.6 Å². The third-order valence-electron chi connectivity index (χ3n) is 4.12. The van der Waals surface area contributed by atoms with Crippen LogP contribution in [0.1, 0.15) is 20.8 Å². The molecule has 0 unspecified atom stereocenters. The number of carbonyl (C=O) groups is 1. The van der Waals surface area contributed by atoms with Crippen molar-refractivity contribution in [1.82, 2.24) is 0 Å². The van der Waals surface area contributed by atoms with E-state index in [-0.39, 0.29) is 17.4 Å². The van der Waals surface area contributed by atoms with Gasteiger partial charge in [0, 0.05) is 5.02 Å². The predicted molar refractivity (Wildman–Crippen MR) is 131 cm³/mol. The zero-order valence-corrected chi connectivity index (χ0v) is 20.1. The van der Waals surface area contributed by atoms with E-state index < -0.39 is 11.6 Å². The quantitative estimate of drug-likeness (QED) is 0.268. The predicted octanol–water partition coefficient (Wildman–Crippen LogP) is 7.21. The second-order valence-electron chi connectivity index (χ2n) is 7.89. The number of nitrogens with one attached hydrogen (secondary N) is 1. The van der Waals surface area contributed by atoms with Crippen molar-refractivity contribution in [2.75, 3.05) is 11.3 Å². The Bertz CT molecular complexity index is 1100.